The molecule has 1 fully saturated rings. The van der Waals surface area contributed by atoms with Gasteiger partial charge in [0.05, 0.1) is 25.6 Å². The monoisotopic (exact) mass is 355 g/mol. The van der Waals surface area contributed by atoms with Gasteiger partial charge in [-0.3, -0.25) is 9.69 Å². The Morgan fingerprint density at radius 1 is 1.19 bits per heavy atom. The van der Waals surface area contributed by atoms with Gasteiger partial charge in [0.2, 0.25) is 0 Å². The standard InChI is InChI=1S/C19H25N5O2/c1-14-3-4-15(2)16(11-14)23-18-13-21-17(12-22-18)19(25)20-5-6-24-7-9-26-10-8-24/h3-4,11-13H,5-10H2,1-2H3,(H,20,25)(H,22,23). The van der Waals surface area contributed by atoms with Crippen molar-refractivity contribution >= 4 is 17.4 Å². The van der Waals surface area contributed by atoms with E-state index in [0.29, 0.717) is 18.1 Å². The Hall–Kier alpha value is -2.51. The fourth-order valence-corrected chi connectivity index (χ4v) is 2.76. The van der Waals surface area contributed by atoms with Gasteiger partial charge in [-0.1, -0.05) is 12.1 Å². The summed E-state index contributed by atoms with van der Waals surface area (Å²) in [5.41, 5.74) is 3.60. The number of ether oxygens (including phenoxy) is 1. The molecular formula is C19H25N5O2. The molecule has 0 bridgehead atoms. The highest BCUT2D eigenvalue weighted by molar-refractivity contribution is 5.92. The molecule has 0 saturated carbocycles. The van der Waals surface area contributed by atoms with Crippen LogP contribution >= 0.6 is 0 Å². The summed E-state index contributed by atoms with van der Waals surface area (Å²) in [5, 5.41) is 6.13. The molecule has 2 heterocycles. The normalized spacial score (nSPS) is 14.8. The van der Waals surface area contributed by atoms with Gasteiger partial charge in [-0.05, 0) is 31.0 Å². The number of amides is 1. The fraction of sp³-hybridized carbons (Fsp3) is 0.421. The maximum Gasteiger partial charge on any atom is 0.271 e. The van der Waals surface area contributed by atoms with Crippen molar-refractivity contribution in [2.24, 2.45) is 0 Å². The number of carbonyl (C=O) groups excluding carboxylic acids is 1. The smallest absolute Gasteiger partial charge is 0.271 e. The lowest BCUT2D eigenvalue weighted by Gasteiger charge is -2.26. The number of aryl methyl sites for hydroxylation is 2. The van der Waals surface area contributed by atoms with Crippen LogP contribution in [-0.4, -0.2) is 60.2 Å². The first-order valence-electron chi connectivity index (χ1n) is 8.86. The van der Waals surface area contributed by atoms with Crippen molar-refractivity contribution in [2.75, 3.05) is 44.7 Å². The Balaban J connectivity index is 1.51. The zero-order valence-electron chi connectivity index (χ0n) is 15.3. The lowest BCUT2D eigenvalue weighted by atomic mass is 10.1. The van der Waals surface area contributed by atoms with E-state index < -0.39 is 0 Å². The molecule has 3 rings (SSSR count). The van der Waals surface area contributed by atoms with Gasteiger partial charge >= 0.3 is 0 Å². The molecule has 7 nitrogen and oxygen atoms in total. The van der Waals surface area contributed by atoms with Gasteiger partial charge in [0, 0.05) is 31.9 Å². The van der Waals surface area contributed by atoms with E-state index in [0.717, 1.165) is 44.1 Å². The number of hydrogen-bond donors (Lipinski definition) is 2. The van der Waals surface area contributed by atoms with Crippen LogP contribution < -0.4 is 10.6 Å². The Kier molecular flexibility index (Phi) is 6.14. The van der Waals surface area contributed by atoms with Crippen molar-refractivity contribution in [3.8, 4) is 0 Å². The van der Waals surface area contributed by atoms with E-state index >= 15 is 0 Å². The SMILES string of the molecule is Cc1ccc(C)c(Nc2cnc(C(=O)NCCN3CCOCC3)cn2)c1. The summed E-state index contributed by atoms with van der Waals surface area (Å²) >= 11 is 0. The van der Waals surface area contributed by atoms with Crippen LogP contribution in [0.2, 0.25) is 0 Å². The van der Waals surface area contributed by atoms with Crippen molar-refractivity contribution in [3.63, 3.8) is 0 Å². The molecule has 7 heteroatoms. The molecule has 0 spiro atoms. The predicted octanol–water partition coefficient (Wildman–Crippen LogP) is 1.90. The molecule has 1 saturated heterocycles. The Morgan fingerprint density at radius 3 is 2.73 bits per heavy atom. The molecular weight excluding hydrogens is 330 g/mol. The minimum Gasteiger partial charge on any atom is -0.379 e. The van der Waals surface area contributed by atoms with Crippen LogP contribution in [0.25, 0.3) is 0 Å². The number of morpholine rings is 1. The van der Waals surface area contributed by atoms with E-state index in [9.17, 15) is 4.79 Å². The number of benzene rings is 1. The molecule has 1 aliphatic rings. The molecule has 26 heavy (non-hydrogen) atoms. The fourth-order valence-electron chi connectivity index (χ4n) is 2.76. The van der Waals surface area contributed by atoms with E-state index in [2.05, 4.69) is 43.7 Å². The van der Waals surface area contributed by atoms with Crippen LogP contribution in [0, 0.1) is 13.8 Å². The van der Waals surface area contributed by atoms with Crippen LogP contribution in [0.3, 0.4) is 0 Å². The quantitative estimate of drug-likeness (QED) is 0.824. The van der Waals surface area contributed by atoms with E-state index in [-0.39, 0.29) is 5.91 Å². The third kappa shape index (κ3) is 5.00. The lowest BCUT2D eigenvalue weighted by molar-refractivity contribution is 0.0383. The van der Waals surface area contributed by atoms with Crippen molar-refractivity contribution in [3.05, 3.63) is 47.4 Å². The van der Waals surface area contributed by atoms with Gasteiger partial charge in [-0.15, -0.1) is 0 Å². The molecule has 0 radical (unpaired) electrons. The number of nitrogens with one attached hydrogen (secondary N) is 2. The summed E-state index contributed by atoms with van der Waals surface area (Å²) in [7, 11) is 0. The van der Waals surface area contributed by atoms with Crippen LogP contribution in [0.5, 0.6) is 0 Å². The lowest BCUT2D eigenvalue weighted by Crippen LogP contribution is -2.41. The Labute approximate surface area is 153 Å². The maximum absolute atomic E-state index is 12.2. The molecule has 1 amide bonds. The second-order valence-electron chi connectivity index (χ2n) is 6.44. The van der Waals surface area contributed by atoms with E-state index in [4.69, 9.17) is 4.74 Å². The number of nitrogens with zero attached hydrogens (tertiary/aromatic N) is 3. The van der Waals surface area contributed by atoms with E-state index in [1.807, 2.05) is 13.8 Å². The first-order valence-corrected chi connectivity index (χ1v) is 8.86. The van der Waals surface area contributed by atoms with Gasteiger partial charge in [0.15, 0.2) is 0 Å². The third-order valence-corrected chi connectivity index (χ3v) is 4.36. The van der Waals surface area contributed by atoms with E-state index in [1.165, 1.54) is 11.8 Å². The topological polar surface area (TPSA) is 79.4 Å². The number of anilines is 2. The summed E-state index contributed by atoms with van der Waals surface area (Å²) in [6.07, 6.45) is 3.08. The summed E-state index contributed by atoms with van der Waals surface area (Å²) in [6, 6.07) is 6.18. The highest BCUT2D eigenvalue weighted by Gasteiger charge is 2.12. The number of rotatable bonds is 6. The number of aromatic nitrogens is 2. The molecule has 1 aromatic carbocycles. The third-order valence-electron chi connectivity index (χ3n) is 4.36. The number of carbonyl (C=O) groups is 1. The zero-order chi connectivity index (χ0) is 18.4. The molecule has 138 valence electrons. The second kappa shape index (κ2) is 8.73. The van der Waals surface area contributed by atoms with Gasteiger partial charge in [0.1, 0.15) is 11.5 Å². The Morgan fingerprint density at radius 2 is 2.00 bits per heavy atom. The highest BCUT2D eigenvalue weighted by Crippen LogP contribution is 2.20. The maximum atomic E-state index is 12.2. The molecule has 2 N–H and O–H groups in total. The first-order chi connectivity index (χ1) is 12.6. The molecule has 0 atom stereocenters. The molecule has 0 unspecified atom stereocenters. The first kappa shape index (κ1) is 18.3. The molecule has 2 aromatic rings. The Bertz CT molecular complexity index is 742. The summed E-state index contributed by atoms with van der Waals surface area (Å²) in [6.45, 7) is 8.81. The van der Waals surface area contributed by atoms with E-state index in [1.54, 1.807) is 6.20 Å². The summed E-state index contributed by atoms with van der Waals surface area (Å²) in [4.78, 5) is 23.0. The zero-order valence-corrected chi connectivity index (χ0v) is 15.3. The number of hydrogen-bond acceptors (Lipinski definition) is 6. The van der Waals surface area contributed by atoms with Gasteiger partial charge < -0.3 is 15.4 Å². The van der Waals surface area contributed by atoms with Crippen LogP contribution in [-0.2, 0) is 4.74 Å². The summed E-state index contributed by atoms with van der Waals surface area (Å²) < 4.78 is 5.31. The van der Waals surface area contributed by atoms with Crippen molar-refractivity contribution in [1.82, 2.24) is 20.2 Å². The highest BCUT2D eigenvalue weighted by atomic mass is 16.5. The average Bonchev–Trinajstić information content (AvgIpc) is 2.66. The van der Waals surface area contributed by atoms with Crippen LogP contribution in [0.15, 0.2) is 30.6 Å². The van der Waals surface area contributed by atoms with Crippen LogP contribution in [0.4, 0.5) is 11.5 Å². The van der Waals surface area contributed by atoms with Crippen molar-refractivity contribution in [2.45, 2.75) is 13.8 Å². The minimum atomic E-state index is -0.205. The molecule has 1 aliphatic heterocycles. The van der Waals surface area contributed by atoms with Crippen molar-refractivity contribution < 1.29 is 9.53 Å². The second-order valence-corrected chi connectivity index (χ2v) is 6.44. The molecule has 0 aliphatic carbocycles. The van der Waals surface area contributed by atoms with Gasteiger partial charge in [-0.2, -0.15) is 0 Å². The van der Waals surface area contributed by atoms with Gasteiger partial charge in [0.25, 0.3) is 5.91 Å². The predicted molar refractivity (Wildman–Crippen MR) is 101 cm³/mol. The average molecular weight is 355 g/mol. The van der Waals surface area contributed by atoms with Crippen molar-refractivity contribution in [1.29, 1.82) is 0 Å². The molecule has 1 aromatic heterocycles. The van der Waals surface area contributed by atoms with Crippen LogP contribution in [0.1, 0.15) is 21.6 Å². The minimum absolute atomic E-state index is 0.205. The summed E-state index contributed by atoms with van der Waals surface area (Å²) in [5.74, 6) is 0.410. The largest absolute Gasteiger partial charge is 0.379 e. The van der Waals surface area contributed by atoms with Gasteiger partial charge in [-0.25, -0.2) is 9.97 Å².